The molecule has 28 heavy (non-hydrogen) atoms. The fourth-order valence-corrected chi connectivity index (χ4v) is 3.13. The van der Waals surface area contributed by atoms with Crippen LogP contribution >= 0.6 is 0 Å². The van der Waals surface area contributed by atoms with Crippen molar-refractivity contribution in [1.29, 1.82) is 5.26 Å². The lowest BCUT2D eigenvalue weighted by molar-refractivity contribution is 0.286. The predicted octanol–water partition coefficient (Wildman–Crippen LogP) is 5.22. The number of imidazole rings is 1. The Morgan fingerprint density at radius 1 is 1.18 bits per heavy atom. The van der Waals surface area contributed by atoms with Crippen LogP contribution in [-0.4, -0.2) is 23.3 Å². The molecule has 0 aliphatic carbocycles. The summed E-state index contributed by atoms with van der Waals surface area (Å²) < 4.78 is 13.2. The van der Waals surface area contributed by atoms with Crippen LogP contribution in [0.3, 0.4) is 0 Å². The number of ether oxygens (including phenoxy) is 2. The van der Waals surface area contributed by atoms with Gasteiger partial charge in [-0.05, 0) is 42.3 Å². The molecule has 0 amide bonds. The summed E-state index contributed by atoms with van der Waals surface area (Å²) in [5.41, 5.74) is 3.22. The quantitative estimate of drug-likeness (QED) is 0.400. The van der Waals surface area contributed by atoms with Crippen molar-refractivity contribution in [3.05, 3.63) is 53.9 Å². The lowest BCUT2D eigenvalue weighted by Gasteiger charge is -2.11. The van der Waals surface area contributed by atoms with Crippen LogP contribution < -0.4 is 9.47 Å². The largest absolute Gasteiger partial charge is 0.493 e. The first kappa shape index (κ1) is 19.5. The standard InChI is InChI=1S/C23H25N3O2/c1-4-5-8-13-28-21-12-11-17(15-22(21)27-3)14-18(16-24)23-25-19-9-6-7-10-20(19)26(23)2/h6-7,9-12,14-15H,4-5,8,13H2,1-3H3/b18-14-. The summed E-state index contributed by atoms with van der Waals surface area (Å²) in [6.07, 6.45) is 5.15. The highest BCUT2D eigenvalue weighted by Gasteiger charge is 2.12. The molecule has 0 saturated carbocycles. The van der Waals surface area contributed by atoms with E-state index < -0.39 is 0 Å². The van der Waals surface area contributed by atoms with Gasteiger partial charge in [-0.1, -0.05) is 38.0 Å². The Labute approximate surface area is 165 Å². The summed E-state index contributed by atoms with van der Waals surface area (Å²) in [6, 6.07) is 15.8. The third kappa shape index (κ3) is 4.17. The van der Waals surface area contributed by atoms with Gasteiger partial charge in [0, 0.05) is 7.05 Å². The van der Waals surface area contributed by atoms with Crippen molar-refractivity contribution >= 4 is 22.7 Å². The van der Waals surface area contributed by atoms with E-state index in [0.717, 1.165) is 41.6 Å². The zero-order valence-electron chi connectivity index (χ0n) is 16.6. The number of nitriles is 1. The Balaban J connectivity index is 1.89. The minimum absolute atomic E-state index is 0.498. The van der Waals surface area contributed by atoms with Crippen molar-refractivity contribution in [2.75, 3.05) is 13.7 Å². The second-order valence-electron chi connectivity index (χ2n) is 6.62. The van der Waals surface area contributed by atoms with Crippen LogP contribution in [0.4, 0.5) is 0 Å². The molecule has 2 aromatic carbocycles. The van der Waals surface area contributed by atoms with Gasteiger partial charge in [-0.3, -0.25) is 0 Å². The van der Waals surface area contributed by atoms with E-state index >= 15 is 0 Å². The summed E-state index contributed by atoms with van der Waals surface area (Å²) in [6.45, 7) is 2.84. The van der Waals surface area contributed by atoms with Crippen molar-refractivity contribution in [2.45, 2.75) is 26.2 Å². The van der Waals surface area contributed by atoms with E-state index in [1.165, 1.54) is 0 Å². The number of benzene rings is 2. The van der Waals surface area contributed by atoms with E-state index in [2.05, 4.69) is 18.0 Å². The average molecular weight is 375 g/mol. The van der Waals surface area contributed by atoms with Gasteiger partial charge < -0.3 is 14.0 Å². The molecule has 5 nitrogen and oxygen atoms in total. The van der Waals surface area contributed by atoms with E-state index in [0.29, 0.717) is 23.8 Å². The van der Waals surface area contributed by atoms with Crippen LogP contribution in [-0.2, 0) is 7.05 Å². The molecule has 1 aromatic heterocycles. The molecule has 5 heteroatoms. The van der Waals surface area contributed by atoms with Gasteiger partial charge in [0.25, 0.3) is 0 Å². The minimum atomic E-state index is 0.498. The van der Waals surface area contributed by atoms with E-state index in [-0.39, 0.29) is 0 Å². The molecule has 0 N–H and O–H groups in total. The molecule has 0 spiro atoms. The smallest absolute Gasteiger partial charge is 0.161 e. The Hall–Kier alpha value is -3.26. The molecule has 0 saturated heterocycles. The fourth-order valence-electron chi connectivity index (χ4n) is 3.13. The van der Waals surface area contributed by atoms with Crippen molar-refractivity contribution < 1.29 is 9.47 Å². The Kier molecular flexibility index (Phi) is 6.33. The maximum Gasteiger partial charge on any atom is 0.161 e. The first-order valence-corrected chi connectivity index (χ1v) is 9.52. The van der Waals surface area contributed by atoms with Crippen LogP contribution in [0.5, 0.6) is 11.5 Å². The molecule has 0 radical (unpaired) electrons. The highest BCUT2D eigenvalue weighted by molar-refractivity contribution is 5.91. The summed E-state index contributed by atoms with van der Waals surface area (Å²) >= 11 is 0. The number of hydrogen-bond donors (Lipinski definition) is 0. The molecule has 0 fully saturated rings. The van der Waals surface area contributed by atoms with Crippen LogP contribution in [0.15, 0.2) is 42.5 Å². The third-order valence-electron chi connectivity index (χ3n) is 4.65. The number of nitrogens with zero attached hydrogens (tertiary/aromatic N) is 3. The van der Waals surface area contributed by atoms with Gasteiger partial charge in [0.2, 0.25) is 0 Å². The van der Waals surface area contributed by atoms with Crippen LogP contribution in [0.1, 0.15) is 37.6 Å². The Morgan fingerprint density at radius 2 is 2.00 bits per heavy atom. The van der Waals surface area contributed by atoms with Gasteiger partial charge in [0.05, 0.1) is 30.3 Å². The highest BCUT2D eigenvalue weighted by Crippen LogP contribution is 2.30. The van der Waals surface area contributed by atoms with Crippen molar-refractivity contribution in [3.8, 4) is 17.6 Å². The number of rotatable bonds is 8. The Morgan fingerprint density at radius 3 is 2.71 bits per heavy atom. The number of aryl methyl sites for hydroxylation is 1. The lowest BCUT2D eigenvalue weighted by atomic mass is 10.1. The molecule has 3 aromatic rings. The third-order valence-corrected chi connectivity index (χ3v) is 4.65. The second kappa shape index (κ2) is 9.09. The molecule has 0 aliphatic heterocycles. The lowest BCUT2D eigenvalue weighted by Crippen LogP contribution is -1.99. The SMILES string of the molecule is CCCCCOc1ccc(/C=C(/C#N)c2nc3ccccc3n2C)cc1OC. The maximum atomic E-state index is 9.71. The highest BCUT2D eigenvalue weighted by atomic mass is 16.5. The topological polar surface area (TPSA) is 60.1 Å². The van der Waals surface area contributed by atoms with Crippen molar-refractivity contribution in [3.63, 3.8) is 0 Å². The van der Waals surface area contributed by atoms with Gasteiger partial charge in [-0.2, -0.15) is 5.26 Å². The second-order valence-corrected chi connectivity index (χ2v) is 6.62. The van der Waals surface area contributed by atoms with Crippen molar-refractivity contribution in [1.82, 2.24) is 9.55 Å². The van der Waals surface area contributed by atoms with Gasteiger partial charge in [-0.15, -0.1) is 0 Å². The van der Waals surface area contributed by atoms with Gasteiger partial charge in [0.1, 0.15) is 6.07 Å². The molecule has 144 valence electrons. The number of hydrogen-bond acceptors (Lipinski definition) is 4. The number of para-hydroxylation sites is 2. The molecule has 1 heterocycles. The number of methoxy groups -OCH3 is 1. The molecule has 0 bridgehead atoms. The fraction of sp³-hybridized carbons (Fsp3) is 0.304. The first-order chi connectivity index (χ1) is 13.7. The number of allylic oxidation sites excluding steroid dienone is 1. The zero-order chi connectivity index (χ0) is 19.9. The Bertz CT molecular complexity index is 1030. The zero-order valence-corrected chi connectivity index (χ0v) is 16.6. The van der Waals surface area contributed by atoms with Crippen LogP contribution in [0.2, 0.25) is 0 Å². The predicted molar refractivity (Wildman–Crippen MR) is 112 cm³/mol. The van der Waals surface area contributed by atoms with E-state index in [1.54, 1.807) is 7.11 Å². The summed E-state index contributed by atoms with van der Waals surface area (Å²) in [4.78, 5) is 4.61. The summed E-state index contributed by atoms with van der Waals surface area (Å²) in [7, 11) is 3.54. The van der Waals surface area contributed by atoms with Gasteiger partial charge >= 0.3 is 0 Å². The molecule has 3 rings (SSSR count). The first-order valence-electron chi connectivity index (χ1n) is 9.52. The van der Waals surface area contributed by atoms with Gasteiger partial charge in [0.15, 0.2) is 17.3 Å². The normalized spacial score (nSPS) is 11.4. The molecular formula is C23H25N3O2. The van der Waals surface area contributed by atoms with E-state index in [9.17, 15) is 5.26 Å². The van der Waals surface area contributed by atoms with Crippen molar-refractivity contribution in [2.24, 2.45) is 7.05 Å². The molecule has 0 aliphatic rings. The minimum Gasteiger partial charge on any atom is -0.493 e. The maximum absolute atomic E-state index is 9.71. The van der Waals surface area contributed by atoms with E-state index in [4.69, 9.17) is 9.47 Å². The van der Waals surface area contributed by atoms with Gasteiger partial charge in [-0.25, -0.2) is 4.98 Å². The molecule has 0 unspecified atom stereocenters. The summed E-state index contributed by atoms with van der Waals surface area (Å²) in [5, 5.41) is 9.71. The molecular weight excluding hydrogens is 350 g/mol. The van der Waals surface area contributed by atoms with Crippen LogP contribution in [0.25, 0.3) is 22.7 Å². The van der Waals surface area contributed by atoms with Crippen LogP contribution in [0, 0.1) is 11.3 Å². The average Bonchev–Trinajstić information content (AvgIpc) is 3.06. The number of unbranched alkanes of at least 4 members (excludes halogenated alkanes) is 2. The monoisotopic (exact) mass is 375 g/mol. The number of aromatic nitrogens is 2. The number of fused-ring (bicyclic) bond motifs is 1. The molecule has 0 atom stereocenters. The summed E-state index contributed by atoms with van der Waals surface area (Å²) in [5.74, 6) is 2.02. The van der Waals surface area contributed by atoms with E-state index in [1.807, 2.05) is 60.2 Å².